The molecule has 2 heterocycles. The van der Waals surface area contributed by atoms with E-state index in [0.29, 0.717) is 30.1 Å². The molecule has 0 saturated carbocycles. The molecule has 3 aromatic rings. The third-order valence-corrected chi connectivity index (χ3v) is 6.59. The molecule has 3 rings (SSSR count). The average Bonchev–Trinajstić information content (AvgIpc) is 3.48. The van der Waals surface area contributed by atoms with Crippen LogP contribution in [0.5, 0.6) is 5.75 Å². The van der Waals surface area contributed by atoms with Crippen molar-refractivity contribution in [2.45, 2.75) is 52.2 Å². The number of benzene rings is 1. The third-order valence-electron chi connectivity index (χ3n) is 5.74. The summed E-state index contributed by atoms with van der Waals surface area (Å²) >= 11 is 0.755. The summed E-state index contributed by atoms with van der Waals surface area (Å²) in [6, 6.07) is 9.30. The van der Waals surface area contributed by atoms with Crippen molar-refractivity contribution >= 4 is 34.9 Å². The van der Waals surface area contributed by atoms with Crippen molar-refractivity contribution in [2.24, 2.45) is 5.73 Å². The molecule has 10 nitrogen and oxygen atoms in total. The summed E-state index contributed by atoms with van der Waals surface area (Å²) in [5.74, 6) is -0.719. The number of anilines is 1. The summed E-state index contributed by atoms with van der Waals surface area (Å²) in [6.45, 7) is 8.09. The van der Waals surface area contributed by atoms with Crippen molar-refractivity contribution in [1.29, 1.82) is 0 Å². The number of rotatable bonds is 11. The number of hydrogen-bond donors (Lipinski definition) is 3. The number of nitrogens with two attached hydrogens (primary N) is 2. The number of nitrogens with zero attached hydrogens (tertiary/aromatic N) is 2. The first-order valence-electron chi connectivity index (χ1n) is 11.5. The minimum atomic E-state index is -1.05. The van der Waals surface area contributed by atoms with Crippen molar-refractivity contribution in [3.8, 4) is 5.75 Å². The molecule has 2 aromatic heterocycles. The van der Waals surface area contributed by atoms with Crippen LogP contribution in [0.2, 0.25) is 0 Å². The fourth-order valence-corrected chi connectivity index (χ4v) is 4.25. The van der Waals surface area contributed by atoms with E-state index in [2.05, 4.69) is 9.69 Å². The number of hydrogen-bond acceptors (Lipinski definition) is 8. The number of aromatic nitrogens is 1. The number of carbonyl (C=O) groups excluding carboxylic acids is 3. The molecular weight excluding hydrogens is 482 g/mol. The molecule has 36 heavy (non-hydrogen) atoms. The van der Waals surface area contributed by atoms with Crippen molar-refractivity contribution < 1.29 is 23.5 Å². The molecule has 192 valence electrons. The molecule has 0 radical (unpaired) electrons. The number of nitrogen functional groups attached to an aromatic ring is 1. The average molecular weight is 514 g/mol. The second kappa shape index (κ2) is 11.3. The van der Waals surface area contributed by atoms with Crippen LogP contribution in [0, 0.1) is 0 Å². The molecule has 0 unspecified atom stereocenters. The fraction of sp³-hybridized carbons (Fsp3) is 0.360. The standard InChI is InChI=1S/C25H31N5O5S/c1-5-25(3,4)28-23(32)20(15-9-11-16(12-10-15)34-6-2)30(14-17-8-7-13-35-17)24(33)21-18(26)19(22(27)31)29-36-21/h7-13,20H,5-6,14,26H2,1-4H3,(H2,27,31)(H,28,32)/t20-/m1/s1. The van der Waals surface area contributed by atoms with Gasteiger partial charge in [0, 0.05) is 5.54 Å². The van der Waals surface area contributed by atoms with Gasteiger partial charge in [0.2, 0.25) is 5.91 Å². The third kappa shape index (κ3) is 6.03. The number of nitrogens with one attached hydrogen (secondary N) is 1. The molecule has 1 atom stereocenters. The van der Waals surface area contributed by atoms with E-state index in [1.54, 1.807) is 36.4 Å². The molecular formula is C25H31N5O5S. The number of primary amides is 1. The van der Waals surface area contributed by atoms with E-state index in [-0.39, 0.29) is 28.7 Å². The Hall–Kier alpha value is -3.86. The first-order chi connectivity index (χ1) is 17.1. The summed E-state index contributed by atoms with van der Waals surface area (Å²) in [5, 5.41) is 3.04. The molecule has 1 aromatic carbocycles. The molecule has 0 saturated heterocycles. The van der Waals surface area contributed by atoms with E-state index in [0.717, 1.165) is 11.5 Å². The number of amides is 3. The summed E-state index contributed by atoms with van der Waals surface area (Å²) in [4.78, 5) is 40.7. The molecule has 0 aliphatic rings. The van der Waals surface area contributed by atoms with Gasteiger partial charge in [-0.3, -0.25) is 14.4 Å². The van der Waals surface area contributed by atoms with E-state index >= 15 is 0 Å². The molecule has 0 aliphatic carbocycles. The molecule has 5 N–H and O–H groups in total. The van der Waals surface area contributed by atoms with Gasteiger partial charge >= 0.3 is 0 Å². The van der Waals surface area contributed by atoms with Crippen molar-refractivity contribution in [3.05, 3.63) is 64.6 Å². The first kappa shape index (κ1) is 26.7. The zero-order valence-electron chi connectivity index (χ0n) is 20.7. The van der Waals surface area contributed by atoms with Crippen LogP contribution < -0.4 is 21.5 Å². The maximum Gasteiger partial charge on any atom is 0.270 e. The Labute approximate surface area is 213 Å². The zero-order valence-corrected chi connectivity index (χ0v) is 21.6. The summed E-state index contributed by atoms with van der Waals surface area (Å²) in [5.41, 5.74) is 11.1. The van der Waals surface area contributed by atoms with Crippen LogP contribution in [0.25, 0.3) is 0 Å². The molecule has 11 heteroatoms. The largest absolute Gasteiger partial charge is 0.494 e. The fourth-order valence-electron chi connectivity index (χ4n) is 3.49. The second-order valence-electron chi connectivity index (χ2n) is 8.78. The lowest BCUT2D eigenvalue weighted by Crippen LogP contribution is -2.50. The predicted molar refractivity (Wildman–Crippen MR) is 136 cm³/mol. The summed E-state index contributed by atoms with van der Waals surface area (Å²) in [7, 11) is 0. The highest BCUT2D eigenvalue weighted by Crippen LogP contribution is 2.31. The maximum absolute atomic E-state index is 13.9. The Morgan fingerprint density at radius 2 is 1.89 bits per heavy atom. The van der Waals surface area contributed by atoms with Crippen molar-refractivity contribution in [2.75, 3.05) is 12.3 Å². The lowest BCUT2D eigenvalue weighted by molar-refractivity contribution is -0.127. The summed E-state index contributed by atoms with van der Waals surface area (Å²) < 4.78 is 15.0. The lowest BCUT2D eigenvalue weighted by atomic mass is 9.98. The Kier molecular flexibility index (Phi) is 8.36. The first-order valence-corrected chi connectivity index (χ1v) is 12.3. The van der Waals surface area contributed by atoms with Gasteiger partial charge < -0.3 is 30.8 Å². The highest BCUT2D eigenvalue weighted by Gasteiger charge is 2.37. The van der Waals surface area contributed by atoms with Crippen LogP contribution in [0.1, 0.15) is 71.6 Å². The smallest absolute Gasteiger partial charge is 0.270 e. The summed E-state index contributed by atoms with van der Waals surface area (Å²) in [6.07, 6.45) is 2.15. The van der Waals surface area contributed by atoms with Gasteiger partial charge in [0.05, 0.1) is 25.1 Å². The molecule has 0 fully saturated rings. The SMILES string of the molecule is CCOc1ccc([C@H](C(=O)NC(C)(C)CC)N(Cc2ccco2)C(=O)c2snc(C(N)=O)c2N)cc1. The number of carbonyl (C=O) groups is 3. The van der Waals surface area contributed by atoms with Crippen LogP contribution >= 0.6 is 11.5 Å². The minimum absolute atomic E-state index is 0.00819. The van der Waals surface area contributed by atoms with Gasteiger partial charge in [-0.1, -0.05) is 19.1 Å². The van der Waals surface area contributed by atoms with Crippen molar-refractivity contribution in [1.82, 2.24) is 14.6 Å². The van der Waals surface area contributed by atoms with Crippen molar-refractivity contribution in [3.63, 3.8) is 0 Å². The Morgan fingerprint density at radius 3 is 2.42 bits per heavy atom. The normalized spacial score (nSPS) is 12.1. The Bertz CT molecular complexity index is 1200. The monoisotopic (exact) mass is 513 g/mol. The zero-order chi connectivity index (χ0) is 26.5. The van der Waals surface area contributed by atoms with Gasteiger partial charge in [-0.25, -0.2) is 0 Å². The molecule has 0 aliphatic heterocycles. The van der Waals surface area contributed by atoms with E-state index in [4.69, 9.17) is 20.6 Å². The van der Waals surface area contributed by atoms with Crippen LogP contribution in [-0.4, -0.2) is 39.1 Å². The molecule has 3 amide bonds. The van der Waals surface area contributed by atoms with Gasteiger partial charge in [0.15, 0.2) is 5.69 Å². The topological polar surface area (TPSA) is 154 Å². The molecule has 0 spiro atoms. The van der Waals surface area contributed by atoms with Gasteiger partial charge in [-0.2, -0.15) is 4.37 Å². The van der Waals surface area contributed by atoms with Crippen LogP contribution in [0.15, 0.2) is 47.1 Å². The van der Waals surface area contributed by atoms with Crippen LogP contribution in [-0.2, 0) is 11.3 Å². The van der Waals surface area contributed by atoms with E-state index in [9.17, 15) is 14.4 Å². The van der Waals surface area contributed by atoms with Crippen LogP contribution in [0.4, 0.5) is 5.69 Å². The Morgan fingerprint density at radius 1 is 1.19 bits per heavy atom. The predicted octanol–water partition coefficient (Wildman–Crippen LogP) is 3.50. The highest BCUT2D eigenvalue weighted by molar-refractivity contribution is 7.09. The molecule has 0 bridgehead atoms. The van der Waals surface area contributed by atoms with Gasteiger partial charge in [-0.05, 0) is 68.6 Å². The van der Waals surface area contributed by atoms with E-state index in [1.807, 2.05) is 27.7 Å². The quantitative estimate of drug-likeness (QED) is 0.354. The van der Waals surface area contributed by atoms with Crippen LogP contribution in [0.3, 0.4) is 0 Å². The van der Waals surface area contributed by atoms with Gasteiger partial charge in [0.25, 0.3) is 11.8 Å². The van der Waals surface area contributed by atoms with Gasteiger partial charge in [0.1, 0.15) is 22.4 Å². The number of ether oxygens (including phenoxy) is 1. The Balaban J connectivity index is 2.12. The highest BCUT2D eigenvalue weighted by atomic mass is 32.1. The maximum atomic E-state index is 13.9. The number of furan rings is 1. The minimum Gasteiger partial charge on any atom is -0.494 e. The lowest BCUT2D eigenvalue weighted by Gasteiger charge is -2.34. The van der Waals surface area contributed by atoms with E-state index in [1.165, 1.54) is 11.2 Å². The second-order valence-corrected chi connectivity index (χ2v) is 9.56. The van der Waals surface area contributed by atoms with E-state index < -0.39 is 23.4 Å². The van der Waals surface area contributed by atoms with Gasteiger partial charge in [-0.15, -0.1) is 0 Å².